The molecule has 2 N–H and O–H groups in total. The highest BCUT2D eigenvalue weighted by Crippen LogP contribution is 2.41. The van der Waals surface area contributed by atoms with Crippen LogP contribution in [-0.4, -0.2) is 84.4 Å². The number of fused-ring (bicyclic) bond motifs is 2. The molecule has 0 fully saturated rings. The molecule has 1 aromatic heterocycles. The highest BCUT2D eigenvalue weighted by Gasteiger charge is 2.30. The molecule has 1 aliphatic rings. The molecule has 3 aromatic rings. The van der Waals surface area contributed by atoms with E-state index in [4.69, 9.17) is 10.2 Å². The van der Waals surface area contributed by atoms with Crippen molar-refractivity contribution in [1.82, 2.24) is 19.6 Å². The molecule has 0 bridgehead atoms. The number of benzene rings is 2. The fourth-order valence-electron chi connectivity index (χ4n) is 4.00. The van der Waals surface area contributed by atoms with Gasteiger partial charge in [-0.15, -0.1) is 0 Å². The number of hydrogen-bond donors (Lipinski definition) is 2. The topological polar surface area (TPSA) is 73.6 Å². The van der Waals surface area contributed by atoms with Crippen LogP contribution in [0.5, 0.6) is 0 Å². The Balaban J connectivity index is 1.79. The van der Waals surface area contributed by atoms with E-state index in [2.05, 4.69) is 21.2 Å². The van der Waals surface area contributed by atoms with Crippen molar-refractivity contribution in [2.45, 2.75) is 6.54 Å². The highest BCUT2D eigenvalue weighted by atomic mass is 16.3. The van der Waals surface area contributed by atoms with E-state index in [9.17, 15) is 4.79 Å². The molecule has 0 spiro atoms. The number of ketones is 1. The Kier molecular flexibility index (Phi) is 5.85. The molecule has 4 rings (SSSR count). The van der Waals surface area contributed by atoms with Crippen molar-refractivity contribution >= 4 is 22.4 Å². The lowest BCUT2D eigenvalue weighted by Gasteiger charge is -2.19. The number of aliphatic hydroxyl groups excluding tert-OH is 1. The average Bonchev–Trinajstić information content (AvgIpc) is 3.10. The van der Waals surface area contributed by atoms with Gasteiger partial charge in [0.05, 0.1) is 24.2 Å². The van der Waals surface area contributed by atoms with Crippen LogP contribution in [0.15, 0.2) is 36.4 Å². The van der Waals surface area contributed by atoms with Gasteiger partial charge in [-0.25, -0.2) is 0 Å². The predicted molar refractivity (Wildman–Crippen MR) is 120 cm³/mol. The lowest BCUT2D eigenvalue weighted by atomic mass is 9.86. The van der Waals surface area contributed by atoms with E-state index < -0.39 is 0 Å². The second kappa shape index (κ2) is 8.55. The molecule has 0 atom stereocenters. The van der Waals surface area contributed by atoms with Crippen molar-refractivity contribution in [3.05, 3.63) is 47.5 Å². The predicted octanol–water partition coefficient (Wildman–Crippen LogP) is 2.15. The van der Waals surface area contributed by atoms with Gasteiger partial charge in [0, 0.05) is 48.4 Å². The molecule has 158 valence electrons. The lowest BCUT2D eigenvalue weighted by Crippen LogP contribution is -2.26. The summed E-state index contributed by atoms with van der Waals surface area (Å²) in [5.74, 6) is 0.0491. The molecule has 0 radical (unpaired) electrons. The van der Waals surface area contributed by atoms with Crippen LogP contribution in [0.1, 0.15) is 15.9 Å². The van der Waals surface area contributed by atoms with Crippen molar-refractivity contribution < 1.29 is 9.90 Å². The largest absolute Gasteiger partial charge is 0.395 e. The molecule has 2 aromatic carbocycles. The first-order valence-electron chi connectivity index (χ1n) is 10.4. The molecular formula is C23H29N5O2. The molecule has 0 saturated carbocycles. The molecule has 1 aliphatic carbocycles. The summed E-state index contributed by atoms with van der Waals surface area (Å²) in [7, 11) is 6.05. The number of nitrogens with one attached hydrogen (secondary N) is 1. The molecule has 7 heteroatoms. The Morgan fingerprint density at radius 2 is 1.80 bits per heavy atom. The Labute approximate surface area is 176 Å². The smallest absolute Gasteiger partial charge is 0.196 e. The molecule has 0 amide bonds. The maximum absolute atomic E-state index is 13.4. The molecule has 1 heterocycles. The van der Waals surface area contributed by atoms with Crippen LogP contribution in [0.25, 0.3) is 22.2 Å². The number of rotatable bonds is 9. The normalized spacial score (nSPS) is 12.8. The van der Waals surface area contributed by atoms with Crippen molar-refractivity contribution in [3.63, 3.8) is 0 Å². The Bertz CT molecular complexity index is 1070. The van der Waals surface area contributed by atoms with Crippen molar-refractivity contribution in [1.29, 1.82) is 0 Å². The van der Waals surface area contributed by atoms with Crippen LogP contribution >= 0.6 is 0 Å². The third-order valence-corrected chi connectivity index (χ3v) is 5.62. The van der Waals surface area contributed by atoms with Crippen LogP contribution in [0.2, 0.25) is 0 Å². The summed E-state index contributed by atoms with van der Waals surface area (Å²) in [6.07, 6.45) is 0. The van der Waals surface area contributed by atoms with Gasteiger partial charge in [-0.2, -0.15) is 5.10 Å². The van der Waals surface area contributed by atoms with E-state index in [1.165, 1.54) is 0 Å². The van der Waals surface area contributed by atoms with Gasteiger partial charge in [-0.05, 0) is 33.3 Å². The molecule has 0 saturated heterocycles. The minimum atomic E-state index is 0.0491. The quantitative estimate of drug-likeness (QED) is 0.443. The number of aromatic nitrogens is 2. The monoisotopic (exact) mass is 407 g/mol. The summed E-state index contributed by atoms with van der Waals surface area (Å²) in [5.41, 5.74) is 5.02. The third-order valence-electron chi connectivity index (χ3n) is 5.62. The molecule has 0 aliphatic heterocycles. The van der Waals surface area contributed by atoms with Crippen molar-refractivity contribution in [2.24, 2.45) is 0 Å². The maximum Gasteiger partial charge on any atom is 0.196 e. The first-order chi connectivity index (χ1) is 14.5. The van der Waals surface area contributed by atoms with Gasteiger partial charge in [0.25, 0.3) is 0 Å². The molecule has 7 nitrogen and oxygen atoms in total. The maximum atomic E-state index is 13.4. The van der Waals surface area contributed by atoms with Crippen LogP contribution in [0.4, 0.5) is 5.69 Å². The van der Waals surface area contributed by atoms with Gasteiger partial charge in [0.2, 0.25) is 0 Å². The van der Waals surface area contributed by atoms with Crippen molar-refractivity contribution in [3.8, 4) is 11.3 Å². The van der Waals surface area contributed by atoms with Gasteiger partial charge in [0.1, 0.15) is 5.69 Å². The number of aliphatic hydroxyl groups is 1. The number of carbonyl (C=O) groups is 1. The van der Waals surface area contributed by atoms with Gasteiger partial charge in [-0.1, -0.05) is 24.3 Å². The highest BCUT2D eigenvalue weighted by molar-refractivity contribution is 6.27. The zero-order chi connectivity index (χ0) is 21.3. The summed E-state index contributed by atoms with van der Waals surface area (Å²) >= 11 is 0. The molecule has 30 heavy (non-hydrogen) atoms. The second-order valence-electron chi connectivity index (χ2n) is 8.09. The summed E-state index contributed by atoms with van der Waals surface area (Å²) < 4.78 is 1.99. The van der Waals surface area contributed by atoms with E-state index in [0.29, 0.717) is 18.7 Å². The Hall–Kier alpha value is -2.74. The Morgan fingerprint density at radius 3 is 2.53 bits per heavy atom. The lowest BCUT2D eigenvalue weighted by molar-refractivity contribution is 0.104. The summed E-state index contributed by atoms with van der Waals surface area (Å²) in [4.78, 5) is 17.6. The average molecular weight is 408 g/mol. The fraction of sp³-hybridized carbons (Fsp3) is 0.391. The second-order valence-corrected chi connectivity index (χ2v) is 8.09. The standard InChI is InChI=1S/C23H29N5O2/c1-26(2)11-10-24-18-8-9-19-21-20(18)23(30)17-7-5-4-6-16(17)22(21)25-28(19)13-12-27(3)14-15-29/h4-9,24,29H,10-15H2,1-3H3. The third kappa shape index (κ3) is 3.71. The van der Waals surface area contributed by atoms with Crippen LogP contribution < -0.4 is 5.32 Å². The first-order valence-corrected chi connectivity index (χ1v) is 10.4. The van der Waals surface area contributed by atoms with Gasteiger partial charge in [-0.3, -0.25) is 9.48 Å². The zero-order valence-corrected chi connectivity index (χ0v) is 17.9. The fourth-order valence-corrected chi connectivity index (χ4v) is 4.00. The minimum absolute atomic E-state index is 0.0491. The minimum Gasteiger partial charge on any atom is -0.395 e. The van der Waals surface area contributed by atoms with Crippen LogP contribution in [-0.2, 0) is 6.54 Å². The zero-order valence-electron chi connectivity index (χ0n) is 17.9. The number of anilines is 1. The van der Waals surface area contributed by atoms with Crippen molar-refractivity contribution in [2.75, 3.05) is 59.2 Å². The first kappa shape index (κ1) is 20.5. The Morgan fingerprint density at radius 1 is 1.03 bits per heavy atom. The van der Waals surface area contributed by atoms with E-state index in [-0.39, 0.29) is 12.4 Å². The van der Waals surface area contributed by atoms with Gasteiger partial charge in [0.15, 0.2) is 5.78 Å². The van der Waals surface area contributed by atoms with Crippen LogP contribution in [0.3, 0.4) is 0 Å². The van der Waals surface area contributed by atoms with Gasteiger partial charge >= 0.3 is 0 Å². The number of carbonyl (C=O) groups excluding carboxylic acids is 1. The number of nitrogens with zero attached hydrogens (tertiary/aromatic N) is 4. The molecular weight excluding hydrogens is 378 g/mol. The summed E-state index contributed by atoms with van der Waals surface area (Å²) in [6, 6.07) is 11.8. The number of likely N-dealkylation sites (N-methyl/N-ethyl adjacent to an activating group) is 2. The number of hydrogen-bond acceptors (Lipinski definition) is 6. The summed E-state index contributed by atoms with van der Waals surface area (Å²) in [5, 5.41) is 18.5. The van der Waals surface area contributed by atoms with E-state index in [0.717, 1.165) is 53.0 Å². The van der Waals surface area contributed by atoms with E-state index in [1.807, 2.05) is 56.2 Å². The molecule has 0 unspecified atom stereocenters. The van der Waals surface area contributed by atoms with Gasteiger partial charge < -0.3 is 20.2 Å². The summed E-state index contributed by atoms with van der Waals surface area (Å²) in [6.45, 7) is 3.86. The van der Waals surface area contributed by atoms with E-state index in [1.54, 1.807) is 0 Å². The SMILES string of the molecule is CN(C)CCNc1ccc2c3c(nn2CCN(C)CCO)-c2ccccc2C(=O)c13. The van der Waals surface area contributed by atoms with Crippen LogP contribution in [0, 0.1) is 0 Å². The van der Waals surface area contributed by atoms with E-state index >= 15 is 0 Å².